The summed E-state index contributed by atoms with van der Waals surface area (Å²) < 4.78 is 0.924. The predicted molar refractivity (Wildman–Crippen MR) is 57.2 cm³/mol. The maximum absolute atomic E-state index is 9.67. The van der Waals surface area contributed by atoms with Gasteiger partial charge in [0, 0.05) is 10.1 Å². The van der Waals surface area contributed by atoms with Gasteiger partial charge in [0.2, 0.25) is 0 Å². The number of fused-ring (bicyclic) bond motifs is 1. The molecule has 2 aromatic rings. The molecule has 0 saturated carbocycles. The minimum atomic E-state index is 0.159. The van der Waals surface area contributed by atoms with Gasteiger partial charge in [-0.25, -0.2) is 0 Å². The van der Waals surface area contributed by atoms with Crippen LogP contribution in [-0.2, 0) is 6.42 Å². The number of phenolic OH excluding ortho intramolecular Hbond substituents is 1. The summed E-state index contributed by atoms with van der Waals surface area (Å²) in [6, 6.07) is 5.53. The number of nitrogen functional groups attached to an aromatic ring is 1. The first-order valence-corrected chi connectivity index (χ1v) is 4.96. The maximum Gasteiger partial charge on any atom is 0.126 e. The standard InChI is InChI=1S/C10H8N2OS/c11-2-1-6-3-8(13)10-7(12)5-14-9(10)4-6/h3-5,13H,1,12H2. The first-order valence-electron chi connectivity index (χ1n) is 4.08. The van der Waals surface area contributed by atoms with E-state index in [2.05, 4.69) is 0 Å². The average molecular weight is 204 g/mol. The topological polar surface area (TPSA) is 70.0 Å². The molecule has 0 aliphatic carbocycles. The molecule has 3 nitrogen and oxygen atoms in total. The Bertz CT molecular complexity index is 525. The van der Waals surface area contributed by atoms with Crippen LogP contribution in [0.15, 0.2) is 17.5 Å². The normalized spacial score (nSPS) is 10.2. The molecule has 0 aliphatic rings. The highest BCUT2D eigenvalue weighted by Gasteiger charge is 2.07. The van der Waals surface area contributed by atoms with E-state index in [1.165, 1.54) is 11.3 Å². The van der Waals surface area contributed by atoms with Gasteiger partial charge in [0.05, 0.1) is 23.6 Å². The molecule has 1 heterocycles. The molecule has 1 aromatic heterocycles. The molecule has 1 aromatic carbocycles. The molecule has 3 N–H and O–H groups in total. The van der Waals surface area contributed by atoms with E-state index in [-0.39, 0.29) is 5.75 Å². The quantitative estimate of drug-likeness (QED) is 0.748. The summed E-state index contributed by atoms with van der Waals surface area (Å²) in [5.74, 6) is 0.159. The van der Waals surface area contributed by atoms with Crippen LogP contribution in [-0.4, -0.2) is 5.11 Å². The summed E-state index contributed by atoms with van der Waals surface area (Å²) in [5.41, 5.74) is 7.09. The van der Waals surface area contributed by atoms with Crippen molar-refractivity contribution in [1.82, 2.24) is 0 Å². The van der Waals surface area contributed by atoms with Crippen LogP contribution in [0.25, 0.3) is 10.1 Å². The van der Waals surface area contributed by atoms with E-state index in [4.69, 9.17) is 11.0 Å². The zero-order valence-electron chi connectivity index (χ0n) is 7.32. The Hall–Kier alpha value is -1.73. The summed E-state index contributed by atoms with van der Waals surface area (Å²) in [5, 5.41) is 20.7. The second kappa shape index (κ2) is 3.20. The SMILES string of the molecule is N#CCc1cc(O)c2c(N)csc2c1. The highest BCUT2D eigenvalue weighted by molar-refractivity contribution is 7.17. The third kappa shape index (κ3) is 1.28. The number of rotatable bonds is 1. The average Bonchev–Trinajstić information content (AvgIpc) is 2.48. The minimum Gasteiger partial charge on any atom is -0.507 e. The van der Waals surface area contributed by atoms with Crippen LogP contribution in [0.5, 0.6) is 5.75 Å². The van der Waals surface area contributed by atoms with E-state index in [9.17, 15) is 5.11 Å². The molecule has 0 unspecified atom stereocenters. The van der Waals surface area contributed by atoms with E-state index in [0.29, 0.717) is 17.5 Å². The molecular weight excluding hydrogens is 196 g/mol. The third-order valence-corrected chi connectivity index (χ3v) is 2.97. The van der Waals surface area contributed by atoms with Crippen LogP contribution in [0.1, 0.15) is 5.56 Å². The first-order chi connectivity index (χ1) is 6.72. The Labute approximate surface area is 85.0 Å². The van der Waals surface area contributed by atoms with Crippen molar-refractivity contribution in [3.05, 3.63) is 23.1 Å². The number of benzene rings is 1. The molecule has 0 radical (unpaired) electrons. The Morgan fingerprint density at radius 3 is 3.00 bits per heavy atom. The largest absolute Gasteiger partial charge is 0.507 e. The van der Waals surface area contributed by atoms with E-state index in [1.807, 2.05) is 12.1 Å². The van der Waals surface area contributed by atoms with E-state index < -0.39 is 0 Å². The molecule has 0 spiro atoms. The smallest absolute Gasteiger partial charge is 0.126 e. The van der Waals surface area contributed by atoms with Gasteiger partial charge in [-0.15, -0.1) is 11.3 Å². The second-order valence-corrected chi connectivity index (χ2v) is 3.93. The molecule has 14 heavy (non-hydrogen) atoms. The van der Waals surface area contributed by atoms with Gasteiger partial charge in [0.15, 0.2) is 0 Å². The lowest BCUT2D eigenvalue weighted by Gasteiger charge is -1.99. The van der Waals surface area contributed by atoms with Crippen molar-refractivity contribution in [2.24, 2.45) is 0 Å². The summed E-state index contributed by atoms with van der Waals surface area (Å²) in [6.07, 6.45) is 0.307. The van der Waals surface area contributed by atoms with Crippen LogP contribution in [0.3, 0.4) is 0 Å². The number of thiophene rings is 1. The number of hydrogen-bond acceptors (Lipinski definition) is 4. The number of nitrogens with two attached hydrogens (primary N) is 1. The Balaban J connectivity index is 2.69. The second-order valence-electron chi connectivity index (χ2n) is 3.01. The molecule has 70 valence electrons. The van der Waals surface area contributed by atoms with E-state index in [0.717, 1.165) is 10.3 Å². The number of phenols is 1. The summed E-state index contributed by atoms with van der Waals surface area (Å²) >= 11 is 1.47. The molecule has 4 heteroatoms. The van der Waals surface area contributed by atoms with Crippen LogP contribution < -0.4 is 5.73 Å². The number of hydrogen-bond donors (Lipinski definition) is 2. The highest BCUT2D eigenvalue weighted by atomic mass is 32.1. The van der Waals surface area contributed by atoms with Crippen molar-refractivity contribution >= 4 is 27.1 Å². The lowest BCUT2D eigenvalue weighted by molar-refractivity contribution is 0.481. The van der Waals surface area contributed by atoms with Gasteiger partial charge in [-0.05, 0) is 17.7 Å². The number of nitriles is 1. The van der Waals surface area contributed by atoms with Crippen molar-refractivity contribution in [2.75, 3.05) is 5.73 Å². The van der Waals surface area contributed by atoms with Crippen molar-refractivity contribution < 1.29 is 5.11 Å². The summed E-state index contributed by atoms with van der Waals surface area (Å²) in [4.78, 5) is 0. The van der Waals surface area contributed by atoms with Crippen molar-refractivity contribution in [3.8, 4) is 11.8 Å². The number of anilines is 1. The van der Waals surface area contributed by atoms with Crippen molar-refractivity contribution in [1.29, 1.82) is 5.26 Å². The molecular formula is C10H8N2OS. The molecule has 0 fully saturated rings. The predicted octanol–water partition coefficient (Wildman–Crippen LogP) is 2.26. The fourth-order valence-corrected chi connectivity index (χ4v) is 2.35. The molecule has 0 saturated heterocycles. The van der Waals surface area contributed by atoms with Crippen LogP contribution >= 0.6 is 11.3 Å². The molecule has 0 atom stereocenters. The first kappa shape index (κ1) is 8.85. The molecule has 0 amide bonds. The van der Waals surface area contributed by atoms with Gasteiger partial charge in [-0.2, -0.15) is 5.26 Å². The summed E-state index contributed by atoms with van der Waals surface area (Å²) in [6.45, 7) is 0. The van der Waals surface area contributed by atoms with Gasteiger partial charge in [0.25, 0.3) is 0 Å². The van der Waals surface area contributed by atoms with Crippen molar-refractivity contribution in [2.45, 2.75) is 6.42 Å². The fraction of sp³-hybridized carbons (Fsp3) is 0.100. The Morgan fingerprint density at radius 2 is 2.29 bits per heavy atom. The van der Waals surface area contributed by atoms with E-state index in [1.54, 1.807) is 11.4 Å². The van der Waals surface area contributed by atoms with Crippen LogP contribution in [0, 0.1) is 11.3 Å². The fourth-order valence-electron chi connectivity index (χ4n) is 1.42. The van der Waals surface area contributed by atoms with Gasteiger partial charge in [0.1, 0.15) is 5.75 Å². The third-order valence-electron chi connectivity index (χ3n) is 2.03. The van der Waals surface area contributed by atoms with Gasteiger partial charge in [-0.3, -0.25) is 0 Å². The molecule has 0 bridgehead atoms. The van der Waals surface area contributed by atoms with Crippen LogP contribution in [0.4, 0.5) is 5.69 Å². The van der Waals surface area contributed by atoms with Gasteiger partial charge in [-0.1, -0.05) is 0 Å². The molecule has 2 rings (SSSR count). The zero-order chi connectivity index (χ0) is 10.1. The van der Waals surface area contributed by atoms with E-state index >= 15 is 0 Å². The van der Waals surface area contributed by atoms with Gasteiger partial charge >= 0.3 is 0 Å². The summed E-state index contributed by atoms with van der Waals surface area (Å²) in [7, 11) is 0. The maximum atomic E-state index is 9.67. The highest BCUT2D eigenvalue weighted by Crippen LogP contribution is 2.36. The Kier molecular flexibility index (Phi) is 2.02. The number of nitrogens with zero attached hydrogens (tertiary/aromatic N) is 1. The lowest BCUT2D eigenvalue weighted by atomic mass is 10.1. The Morgan fingerprint density at radius 1 is 1.50 bits per heavy atom. The monoisotopic (exact) mass is 204 g/mol. The molecule has 0 aliphatic heterocycles. The lowest BCUT2D eigenvalue weighted by Crippen LogP contribution is -1.84. The van der Waals surface area contributed by atoms with Gasteiger partial charge < -0.3 is 10.8 Å². The van der Waals surface area contributed by atoms with Crippen molar-refractivity contribution in [3.63, 3.8) is 0 Å². The number of aromatic hydroxyl groups is 1. The van der Waals surface area contributed by atoms with Crippen LogP contribution in [0.2, 0.25) is 0 Å². The zero-order valence-corrected chi connectivity index (χ0v) is 8.14. The minimum absolute atomic E-state index is 0.159.